The van der Waals surface area contributed by atoms with E-state index in [0.717, 1.165) is 5.56 Å². The standard InChI is InChI=1S/C22H21N3O4/c26-17-6-2-15(3-7-17)19-20(16-4-8-18(27)9-5-16)25(22(29)21(19)28)12-1-11-24-13-10-23-14-24/h2-10,13-14,26-29H,1,11-12H2. The molecule has 0 spiro atoms. The number of hydrogen-bond donors (Lipinski definition) is 4. The fourth-order valence-corrected chi connectivity index (χ4v) is 3.46. The molecule has 29 heavy (non-hydrogen) atoms. The van der Waals surface area contributed by atoms with E-state index in [0.29, 0.717) is 36.3 Å². The molecule has 0 aliphatic rings. The minimum Gasteiger partial charge on any atom is -0.508 e. The molecule has 0 amide bonds. The highest BCUT2D eigenvalue weighted by Crippen LogP contribution is 2.47. The first kappa shape index (κ1) is 18.5. The Morgan fingerprint density at radius 1 is 0.759 bits per heavy atom. The molecule has 0 bridgehead atoms. The van der Waals surface area contributed by atoms with Crippen LogP contribution in [0.2, 0.25) is 0 Å². The van der Waals surface area contributed by atoms with Crippen LogP contribution in [0.4, 0.5) is 0 Å². The van der Waals surface area contributed by atoms with E-state index in [1.165, 1.54) is 12.1 Å². The minimum absolute atomic E-state index is 0.114. The van der Waals surface area contributed by atoms with Crippen LogP contribution in [0, 0.1) is 0 Å². The Kier molecular flexibility index (Phi) is 4.87. The summed E-state index contributed by atoms with van der Waals surface area (Å²) in [6.07, 6.45) is 6.02. The summed E-state index contributed by atoms with van der Waals surface area (Å²) in [6, 6.07) is 13.0. The second-order valence-corrected chi connectivity index (χ2v) is 6.80. The fourth-order valence-electron chi connectivity index (χ4n) is 3.46. The third-order valence-electron chi connectivity index (χ3n) is 4.86. The first-order chi connectivity index (χ1) is 14.0. The topological polar surface area (TPSA) is 104 Å². The number of benzene rings is 2. The van der Waals surface area contributed by atoms with E-state index in [2.05, 4.69) is 4.98 Å². The van der Waals surface area contributed by atoms with Gasteiger partial charge in [-0.25, -0.2) is 4.98 Å². The lowest BCUT2D eigenvalue weighted by Crippen LogP contribution is -2.04. The summed E-state index contributed by atoms with van der Waals surface area (Å²) in [5.41, 5.74) is 2.50. The summed E-state index contributed by atoms with van der Waals surface area (Å²) in [5, 5.41) is 40.7. The zero-order valence-electron chi connectivity index (χ0n) is 15.6. The first-order valence-corrected chi connectivity index (χ1v) is 9.23. The molecule has 0 radical (unpaired) electrons. The highest BCUT2D eigenvalue weighted by atomic mass is 16.3. The molecular formula is C22H21N3O4. The molecule has 0 unspecified atom stereocenters. The number of hydrogen-bond acceptors (Lipinski definition) is 5. The summed E-state index contributed by atoms with van der Waals surface area (Å²) in [5.74, 6) is -0.196. The van der Waals surface area contributed by atoms with Gasteiger partial charge in [0.15, 0.2) is 5.75 Å². The van der Waals surface area contributed by atoms with Crippen LogP contribution in [-0.4, -0.2) is 34.5 Å². The lowest BCUT2D eigenvalue weighted by molar-refractivity contribution is 0.369. The van der Waals surface area contributed by atoms with Crippen molar-refractivity contribution in [1.82, 2.24) is 14.1 Å². The first-order valence-electron chi connectivity index (χ1n) is 9.23. The highest BCUT2D eigenvalue weighted by molar-refractivity contribution is 5.89. The molecule has 0 atom stereocenters. The quantitative estimate of drug-likeness (QED) is 0.399. The van der Waals surface area contributed by atoms with E-state index >= 15 is 0 Å². The average molecular weight is 391 g/mol. The molecule has 2 aromatic carbocycles. The van der Waals surface area contributed by atoms with Crippen molar-refractivity contribution in [3.05, 3.63) is 67.3 Å². The lowest BCUT2D eigenvalue weighted by Gasteiger charge is -2.13. The molecule has 0 aliphatic heterocycles. The van der Waals surface area contributed by atoms with Gasteiger partial charge in [-0.2, -0.15) is 0 Å². The van der Waals surface area contributed by atoms with Crippen molar-refractivity contribution in [2.45, 2.75) is 19.5 Å². The SMILES string of the molecule is Oc1ccc(-c2c(O)c(O)n(CCCn3ccnc3)c2-c2ccc(O)cc2)cc1. The van der Waals surface area contributed by atoms with Crippen molar-refractivity contribution in [1.29, 1.82) is 0 Å². The summed E-state index contributed by atoms with van der Waals surface area (Å²) in [4.78, 5) is 4.03. The molecule has 0 aliphatic carbocycles. The number of nitrogens with zero attached hydrogens (tertiary/aromatic N) is 3. The molecule has 0 saturated carbocycles. The Labute approximate surface area is 167 Å². The molecule has 4 aromatic rings. The van der Waals surface area contributed by atoms with Crippen molar-refractivity contribution in [2.24, 2.45) is 0 Å². The fraction of sp³-hybridized carbons (Fsp3) is 0.136. The Morgan fingerprint density at radius 2 is 1.38 bits per heavy atom. The van der Waals surface area contributed by atoms with Gasteiger partial charge in [-0.3, -0.25) is 0 Å². The second-order valence-electron chi connectivity index (χ2n) is 6.80. The van der Waals surface area contributed by atoms with E-state index in [-0.39, 0.29) is 23.1 Å². The van der Waals surface area contributed by atoms with E-state index < -0.39 is 0 Å². The summed E-state index contributed by atoms with van der Waals surface area (Å²) >= 11 is 0. The van der Waals surface area contributed by atoms with E-state index in [4.69, 9.17) is 0 Å². The maximum atomic E-state index is 10.7. The van der Waals surface area contributed by atoms with Crippen LogP contribution in [0.3, 0.4) is 0 Å². The summed E-state index contributed by atoms with van der Waals surface area (Å²) in [7, 11) is 0. The van der Waals surface area contributed by atoms with Gasteiger partial charge in [-0.05, 0) is 53.9 Å². The van der Waals surface area contributed by atoms with Crippen LogP contribution in [0.1, 0.15) is 6.42 Å². The minimum atomic E-state index is -0.221. The van der Waals surface area contributed by atoms with Crippen LogP contribution in [-0.2, 0) is 13.1 Å². The monoisotopic (exact) mass is 391 g/mol. The molecule has 4 N–H and O–H groups in total. The van der Waals surface area contributed by atoms with Crippen molar-refractivity contribution in [3.8, 4) is 45.5 Å². The zero-order chi connectivity index (χ0) is 20.4. The van der Waals surface area contributed by atoms with Gasteiger partial charge in [0.25, 0.3) is 0 Å². The Morgan fingerprint density at radius 3 is 1.97 bits per heavy atom. The third-order valence-corrected chi connectivity index (χ3v) is 4.86. The van der Waals surface area contributed by atoms with Crippen molar-refractivity contribution >= 4 is 0 Å². The van der Waals surface area contributed by atoms with Gasteiger partial charge in [0.05, 0.1) is 17.6 Å². The smallest absolute Gasteiger partial charge is 0.235 e. The van der Waals surface area contributed by atoms with E-state index in [9.17, 15) is 20.4 Å². The van der Waals surface area contributed by atoms with Gasteiger partial charge in [0, 0.05) is 25.5 Å². The van der Waals surface area contributed by atoms with Crippen molar-refractivity contribution in [3.63, 3.8) is 0 Å². The van der Waals surface area contributed by atoms with Crippen LogP contribution < -0.4 is 0 Å². The molecule has 7 heteroatoms. The number of phenols is 2. The summed E-state index contributed by atoms with van der Waals surface area (Å²) in [6.45, 7) is 1.17. The summed E-state index contributed by atoms with van der Waals surface area (Å²) < 4.78 is 3.61. The van der Waals surface area contributed by atoms with Gasteiger partial charge in [-0.1, -0.05) is 12.1 Å². The van der Waals surface area contributed by atoms with Gasteiger partial charge in [0.2, 0.25) is 5.88 Å². The number of aryl methyl sites for hydroxylation is 1. The average Bonchev–Trinajstić information content (AvgIpc) is 3.32. The van der Waals surface area contributed by atoms with Crippen LogP contribution in [0.25, 0.3) is 22.4 Å². The van der Waals surface area contributed by atoms with Gasteiger partial charge in [0.1, 0.15) is 11.5 Å². The molecule has 148 valence electrons. The third kappa shape index (κ3) is 3.62. The number of phenolic OH excluding ortho intramolecular Hbond substituents is 2. The molecule has 2 heterocycles. The Bertz CT molecular complexity index is 1100. The van der Waals surface area contributed by atoms with Gasteiger partial charge < -0.3 is 29.6 Å². The molecule has 4 rings (SSSR count). The maximum absolute atomic E-state index is 10.7. The van der Waals surface area contributed by atoms with Crippen LogP contribution in [0.5, 0.6) is 23.1 Å². The number of aromatic nitrogens is 3. The van der Waals surface area contributed by atoms with Gasteiger partial charge in [-0.15, -0.1) is 0 Å². The predicted octanol–water partition coefficient (Wildman–Crippen LogP) is 3.93. The number of rotatable bonds is 6. The highest BCUT2D eigenvalue weighted by Gasteiger charge is 2.24. The van der Waals surface area contributed by atoms with E-state index in [1.807, 2.05) is 10.8 Å². The predicted molar refractivity (Wildman–Crippen MR) is 109 cm³/mol. The molecular weight excluding hydrogens is 370 g/mol. The van der Waals surface area contributed by atoms with Crippen molar-refractivity contribution < 1.29 is 20.4 Å². The van der Waals surface area contributed by atoms with Crippen LogP contribution in [0.15, 0.2) is 67.3 Å². The molecule has 7 nitrogen and oxygen atoms in total. The number of aromatic hydroxyl groups is 4. The number of imidazole rings is 1. The van der Waals surface area contributed by atoms with E-state index in [1.54, 1.807) is 53.5 Å². The molecule has 2 aromatic heterocycles. The van der Waals surface area contributed by atoms with Gasteiger partial charge >= 0.3 is 0 Å². The maximum Gasteiger partial charge on any atom is 0.235 e. The molecule has 0 fully saturated rings. The van der Waals surface area contributed by atoms with Crippen LogP contribution >= 0.6 is 0 Å². The molecule has 0 saturated heterocycles. The Balaban J connectivity index is 1.79. The second kappa shape index (κ2) is 7.63. The normalized spacial score (nSPS) is 11.0. The zero-order valence-corrected chi connectivity index (χ0v) is 15.6. The largest absolute Gasteiger partial charge is 0.508 e. The Hall–Kier alpha value is -3.87. The lowest BCUT2D eigenvalue weighted by atomic mass is 10.0. The van der Waals surface area contributed by atoms with Crippen molar-refractivity contribution in [2.75, 3.05) is 0 Å².